The summed E-state index contributed by atoms with van der Waals surface area (Å²) >= 11 is 3.47. The highest BCUT2D eigenvalue weighted by Crippen LogP contribution is 2.28. The van der Waals surface area contributed by atoms with Crippen LogP contribution in [0, 0.1) is 0 Å². The first-order valence-corrected chi connectivity index (χ1v) is 6.85. The van der Waals surface area contributed by atoms with E-state index in [1.54, 1.807) is 10.9 Å². The Morgan fingerprint density at radius 1 is 1.37 bits per heavy atom. The molecule has 0 bridgehead atoms. The van der Waals surface area contributed by atoms with Crippen LogP contribution < -0.4 is 5.32 Å². The molecule has 0 spiro atoms. The Labute approximate surface area is 119 Å². The lowest BCUT2D eigenvalue weighted by molar-refractivity contribution is 0.526. The number of hydrogen-bond donors (Lipinski definition) is 1. The molecule has 19 heavy (non-hydrogen) atoms. The van der Waals surface area contributed by atoms with Crippen LogP contribution in [-0.4, -0.2) is 9.78 Å². The van der Waals surface area contributed by atoms with Gasteiger partial charge in [-0.1, -0.05) is 15.9 Å². The fourth-order valence-electron chi connectivity index (χ4n) is 2.07. The molecule has 1 unspecified atom stereocenters. The molecule has 0 saturated carbocycles. The molecule has 1 aromatic carbocycles. The zero-order chi connectivity index (χ0) is 13.4. The zero-order valence-electron chi connectivity index (χ0n) is 10.7. The van der Waals surface area contributed by atoms with Crippen molar-refractivity contribution in [2.75, 3.05) is 5.32 Å². The summed E-state index contributed by atoms with van der Waals surface area (Å²) in [4.78, 5) is 0. The van der Waals surface area contributed by atoms with E-state index in [0.717, 1.165) is 26.9 Å². The largest absolute Gasteiger partial charge is 0.459 e. The molecule has 0 saturated heterocycles. The minimum Gasteiger partial charge on any atom is -0.459 e. The molecular weight excluding hydrogens is 306 g/mol. The summed E-state index contributed by atoms with van der Waals surface area (Å²) in [5.41, 5.74) is 1.88. The van der Waals surface area contributed by atoms with Gasteiger partial charge in [0.2, 0.25) is 0 Å². The molecule has 1 atom stereocenters. The molecule has 1 N–H and O–H groups in total. The topological polar surface area (TPSA) is 43.0 Å². The number of nitrogens with one attached hydrogen (secondary N) is 1. The standard InChI is InChI=1S/C14H14BrN3O/c1-9(17-12-7-16-18(2)8-12)14-6-10-5-11(15)3-4-13(10)19-14/h3-9,17H,1-2H3. The maximum Gasteiger partial charge on any atom is 0.134 e. The van der Waals surface area contributed by atoms with E-state index in [0.29, 0.717) is 0 Å². The van der Waals surface area contributed by atoms with Gasteiger partial charge in [-0.3, -0.25) is 4.68 Å². The van der Waals surface area contributed by atoms with Gasteiger partial charge >= 0.3 is 0 Å². The first kappa shape index (κ1) is 12.3. The van der Waals surface area contributed by atoms with E-state index in [9.17, 15) is 0 Å². The van der Waals surface area contributed by atoms with Crippen molar-refractivity contribution >= 4 is 32.6 Å². The number of fused-ring (bicyclic) bond motifs is 1. The molecule has 5 heteroatoms. The lowest BCUT2D eigenvalue weighted by Gasteiger charge is -2.10. The predicted molar refractivity (Wildman–Crippen MR) is 79.2 cm³/mol. The van der Waals surface area contributed by atoms with Crippen molar-refractivity contribution in [3.05, 3.63) is 46.9 Å². The van der Waals surface area contributed by atoms with Gasteiger partial charge in [0, 0.05) is 23.1 Å². The summed E-state index contributed by atoms with van der Waals surface area (Å²) in [6.07, 6.45) is 3.74. The summed E-state index contributed by atoms with van der Waals surface area (Å²) < 4.78 is 8.68. The number of halogens is 1. The van der Waals surface area contributed by atoms with Gasteiger partial charge in [0.15, 0.2) is 0 Å². The molecule has 2 heterocycles. The molecular formula is C14H14BrN3O. The van der Waals surface area contributed by atoms with Crippen molar-refractivity contribution < 1.29 is 4.42 Å². The SMILES string of the molecule is CC(Nc1cnn(C)c1)c1cc2cc(Br)ccc2o1. The second kappa shape index (κ2) is 4.74. The van der Waals surface area contributed by atoms with Crippen LogP contribution in [0.4, 0.5) is 5.69 Å². The van der Waals surface area contributed by atoms with E-state index in [2.05, 4.69) is 45.4 Å². The minimum atomic E-state index is 0.0929. The molecule has 0 aliphatic carbocycles. The van der Waals surface area contributed by atoms with Gasteiger partial charge in [-0.2, -0.15) is 5.10 Å². The summed E-state index contributed by atoms with van der Waals surface area (Å²) in [5.74, 6) is 0.914. The molecule has 0 fully saturated rings. The van der Waals surface area contributed by atoms with Crippen molar-refractivity contribution in [3.63, 3.8) is 0 Å². The number of nitrogens with zero attached hydrogens (tertiary/aromatic N) is 2. The van der Waals surface area contributed by atoms with Crippen molar-refractivity contribution in [2.24, 2.45) is 7.05 Å². The predicted octanol–water partition coefficient (Wildman–Crippen LogP) is 4.10. The molecule has 0 aliphatic rings. The summed E-state index contributed by atoms with van der Waals surface area (Å²) in [6, 6.07) is 8.16. The summed E-state index contributed by atoms with van der Waals surface area (Å²) in [6.45, 7) is 2.07. The van der Waals surface area contributed by atoms with Crippen LogP contribution in [0.5, 0.6) is 0 Å². The van der Waals surface area contributed by atoms with Gasteiger partial charge in [-0.15, -0.1) is 0 Å². The zero-order valence-corrected chi connectivity index (χ0v) is 12.3. The summed E-state index contributed by atoms with van der Waals surface area (Å²) in [5, 5.41) is 8.60. The third kappa shape index (κ3) is 2.51. The Hall–Kier alpha value is -1.75. The van der Waals surface area contributed by atoms with Crippen LogP contribution in [0.3, 0.4) is 0 Å². The van der Waals surface area contributed by atoms with Crippen molar-refractivity contribution in [1.82, 2.24) is 9.78 Å². The van der Waals surface area contributed by atoms with E-state index in [1.807, 2.05) is 25.4 Å². The Morgan fingerprint density at radius 2 is 2.21 bits per heavy atom. The molecule has 0 aliphatic heterocycles. The van der Waals surface area contributed by atoms with Crippen LogP contribution >= 0.6 is 15.9 Å². The molecule has 3 rings (SSSR count). The lowest BCUT2D eigenvalue weighted by Crippen LogP contribution is -2.04. The average Bonchev–Trinajstić information content (AvgIpc) is 2.95. The van der Waals surface area contributed by atoms with E-state index < -0.39 is 0 Å². The quantitative estimate of drug-likeness (QED) is 0.790. The van der Waals surface area contributed by atoms with E-state index >= 15 is 0 Å². The number of rotatable bonds is 3. The first-order chi connectivity index (χ1) is 9.11. The molecule has 4 nitrogen and oxygen atoms in total. The maximum atomic E-state index is 5.85. The van der Waals surface area contributed by atoms with Crippen LogP contribution in [0.15, 0.2) is 45.5 Å². The third-order valence-corrected chi connectivity index (χ3v) is 3.51. The van der Waals surface area contributed by atoms with Gasteiger partial charge in [0.05, 0.1) is 17.9 Å². The van der Waals surface area contributed by atoms with Gasteiger partial charge in [0.1, 0.15) is 11.3 Å². The van der Waals surface area contributed by atoms with Crippen LogP contribution in [0.25, 0.3) is 11.0 Å². The molecule has 98 valence electrons. The van der Waals surface area contributed by atoms with Crippen LogP contribution in [0.1, 0.15) is 18.7 Å². The fourth-order valence-corrected chi connectivity index (χ4v) is 2.44. The first-order valence-electron chi connectivity index (χ1n) is 6.06. The van der Waals surface area contributed by atoms with Crippen molar-refractivity contribution in [3.8, 4) is 0 Å². The number of hydrogen-bond acceptors (Lipinski definition) is 3. The van der Waals surface area contributed by atoms with Crippen molar-refractivity contribution in [1.29, 1.82) is 0 Å². The highest BCUT2D eigenvalue weighted by molar-refractivity contribution is 9.10. The Kier molecular flexibility index (Phi) is 3.06. The third-order valence-electron chi connectivity index (χ3n) is 3.01. The highest BCUT2D eigenvalue weighted by Gasteiger charge is 2.12. The maximum absolute atomic E-state index is 5.85. The van der Waals surface area contributed by atoms with E-state index in [-0.39, 0.29) is 6.04 Å². The normalized spacial score (nSPS) is 12.8. The van der Waals surface area contributed by atoms with Gasteiger partial charge in [0.25, 0.3) is 0 Å². The van der Waals surface area contributed by atoms with Gasteiger partial charge < -0.3 is 9.73 Å². The average molecular weight is 320 g/mol. The Morgan fingerprint density at radius 3 is 2.95 bits per heavy atom. The molecule has 2 aromatic heterocycles. The number of anilines is 1. The number of furan rings is 1. The van der Waals surface area contributed by atoms with Crippen LogP contribution in [0.2, 0.25) is 0 Å². The second-order valence-electron chi connectivity index (χ2n) is 4.60. The number of aryl methyl sites for hydroxylation is 1. The Balaban J connectivity index is 1.86. The second-order valence-corrected chi connectivity index (χ2v) is 5.52. The van der Waals surface area contributed by atoms with E-state index in [4.69, 9.17) is 4.42 Å². The molecule has 0 amide bonds. The molecule has 3 aromatic rings. The smallest absolute Gasteiger partial charge is 0.134 e. The van der Waals surface area contributed by atoms with Gasteiger partial charge in [-0.25, -0.2) is 0 Å². The summed E-state index contributed by atoms with van der Waals surface area (Å²) in [7, 11) is 1.90. The van der Waals surface area contributed by atoms with Crippen molar-refractivity contribution in [2.45, 2.75) is 13.0 Å². The van der Waals surface area contributed by atoms with Crippen LogP contribution in [-0.2, 0) is 7.05 Å². The fraction of sp³-hybridized carbons (Fsp3) is 0.214. The highest BCUT2D eigenvalue weighted by atomic mass is 79.9. The van der Waals surface area contributed by atoms with E-state index in [1.165, 1.54) is 0 Å². The minimum absolute atomic E-state index is 0.0929. The van der Waals surface area contributed by atoms with Gasteiger partial charge in [-0.05, 0) is 31.2 Å². The monoisotopic (exact) mass is 319 g/mol. The lowest BCUT2D eigenvalue weighted by atomic mass is 10.2. The molecule has 0 radical (unpaired) electrons. The number of benzene rings is 1. The Bertz CT molecular complexity index is 716. The number of aromatic nitrogens is 2.